The highest BCUT2D eigenvalue weighted by Crippen LogP contribution is 2.36. The molecule has 3 aliphatic heterocycles. The average Bonchev–Trinajstić information content (AvgIpc) is 3.21. The van der Waals surface area contributed by atoms with Crippen LogP contribution in [0.1, 0.15) is 55.4 Å². The zero-order valence-electron chi connectivity index (χ0n) is 16.4. The lowest BCUT2D eigenvalue weighted by molar-refractivity contribution is 0.138. The SMILES string of the molecule is CC1(C)Cc2cc(CN3CCC(c4nnc5n4CCNC5)CC3)ccc2O1. The van der Waals surface area contributed by atoms with E-state index in [1.807, 2.05) is 0 Å². The Kier molecular flexibility index (Phi) is 4.20. The highest BCUT2D eigenvalue weighted by atomic mass is 16.5. The van der Waals surface area contributed by atoms with E-state index in [9.17, 15) is 0 Å². The van der Waals surface area contributed by atoms with Crippen LogP contribution >= 0.6 is 0 Å². The molecule has 5 rings (SSSR count). The molecule has 0 spiro atoms. The zero-order valence-corrected chi connectivity index (χ0v) is 16.4. The fourth-order valence-corrected chi connectivity index (χ4v) is 4.79. The lowest BCUT2D eigenvalue weighted by Crippen LogP contribution is -2.34. The second-order valence-corrected chi connectivity index (χ2v) is 8.83. The summed E-state index contributed by atoms with van der Waals surface area (Å²) in [5, 5.41) is 12.3. The summed E-state index contributed by atoms with van der Waals surface area (Å²) in [5.41, 5.74) is 2.70. The molecule has 1 aromatic carbocycles. The first-order chi connectivity index (χ1) is 13.1. The number of ether oxygens (including phenoxy) is 1. The molecular formula is C21H29N5O. The van der Waals surface area contributed by atoms with Crippen LogP contribution < -0.4 is 10.1 Å². The minimum Gasteiger partial charge on any atom is -0.487 e. The predicted molar refractivity (Wildman–Crippen MR) is 104 cm³/mol. The van der Waals surface area contributed by atoms with Crippen LogP contribution in [0.5, 0.6) is 5.75 Å². The summed E-state index contributed by atoms with van der Waals surface area (Å²) in [7, 11) is 0. The van der Waals surface area contributed by atoms with Crippen molar-refractivity contribution in [1.82, 2.24) is 25.0 Å². The summed E-state index contributed by atoms with van der Waals surface area (Å²) >= 11 is 0. The van der Waals surface area contributed by atoms with E-state index >= 15 is 0 Å². The fourth-order valence-electron chi connectivity index (χ4n) is 4.79. The van der Waals surface area contributed by atoms with Crippen molar-refractivity contribution in [3.8, 4) is 5.75 Å². The van der Waals surface area contributed by atoms with Gasteiger partial charge in [0.15, 0.2) is 0 Å². The normalized spacial score (nSPS) is 22.3. The molecule has 1 saturated heterocycles. The monoisotopic (exact) mass is 367 g/mol. The topological polar surface area (TPSA) is 55.2 Å². The van der Waals surface area contributed by atoms with E-state index in [4.69, 9.17) is 4.74 Å². The standard InChI is InChI=1S/C21H29N5O/c1-21(2)12-17-11-15(3-4-18(17)27-21)14-25-8-5-16(6-9-25)20-24-23-19-13-22-7-10-26(19)20/h3-4,11,16,22H,5-10,12-14H2,1-2H3. The number of likely N-dealkylation sites (tertiary alicyclic amines) is 1. The van der Waals surface area contributed by atoms with Crippen LogP contribution in [0.15, 0.2) is 18.2 Å². The molecule has 0 saturated carbocycles. The molecule has 1 aromatic heterocycles. The maximum Gasteiger partial charge on any atom is 0.147 e. The van der Waals surface area contributed by atoms with Crippen LogP contribution in [0.25, 0.3) is 0 Å². The quantitative estimate of drug-likeness (QED) is 0.903. The molecular weight excluding hydrogens is 338 g/mol. The Labute approximate surface area is 160 Å². The van der Waals surface area contributed by atoms with Gasteiger partial charge < -0.3 is 14.6 Å². The summed E-state index contributed by atoms with van der Waals surface area (Å²) in [4.78, 5) is 2.58. The van der Waals surface area contributed by atoms with Gasteiger partial charge in [0.1, 0.15) is 23.0 Å². The Balaban J connectivity index is 1.21. The van der Waals surface area contributed by atoms with Crippen molar-refractivity contribution in [2.24, 2.45) is 0 Å². The van der Waals surface area contributed by atoms with E-state index in [-0.39, 0.29) is 5.60 Å². The van der Waals surface area contributed by atoms with Crippen LogP contribution in [-0.4, -0.2) is 44.9 Å². The number of fused-ring (bicyclic) bond motifs is 2. The molecule has 2 aromatic rings. The van der Waals surface area contributed by atoms with Crippen molar-refractivity contribution in [3.63, 3.8) is 0 Å². The minimum absolute atomic E-state index is 0.0633. The first-order valence-electron chi connectivity index (χ1n) is 10.2. The summed E-state index contributed by atoms with van der Waals surface area (Å²) in [6.07, 6.45) is 3.35. The van der Waals surface area contributed by atoms with Crippen molar-refractivity contribution < 1.29 is 4.74 Å². The molecule has 1 fully saturated rings. The third-order valence-electron chi connectivity index (χ3n) is 6.14. The van der Waals surface area contributed by atoms with Gasteiger partial charge in [-0.1, -0.05) is 12.1 Å². The molecule has 144 valence electrons. The van der Waals surface area contributed by atoms with Gasteiger partial charge in [-0.15, -0.1) is 10.2 Å². The number of piperidine rings is 1. The van der Waals surface area contributed by atoms with Gasteiger partial charge in [0.2, 0.25) is 0 Å². The molecule has 0 unspecified atom stereocenters. The van der Waals surface area contributed by atoms with Crippen molar-refractivity contribution in [2.75, 3.05) is 19.6 Å². The molecule has 1 N–H and O–H groups in total. The Morgan fingerprint density at radius 2 is 2.04 bits per heavy atom. The molecule has 4 heterocycles. The smallest absolute Gasteiger partial charge is 0.147 e. The van der Waals surface area contributed by atoms with Gasteiger partial charge in [0.25, 0.3) is 0 Å². The van der Waals surface area contributed by atoms with E-state index in [1.54, 1.807) is 0 Å². The van der Waals surface area contributed by atoms with Gasteiger partial charge in [0, 0.05) is 32.0 Å². The number of hydrogen-bond donors (Lipinski definition) is 1. The second-order valence-electron chi connectivity index (χ2n) is 8.83. The zero-order chi connectivity index (χ0) is 18.4. The third-order valence-corrected chi connectivity index (χ3v) is 6.14. The van der Waals surface area contributed by atoms with Gasteiger partial charge in [-0.05, 0) is 57.0 Å². The number of aromatic nitrogens is 3. The summed E-state index contributed by atoms with van der Waals surface area (Å²) in [5.74, 6) is 3.92. The van der Waals surface area contributed by atoms with Crippen molar-refractivity contribution in [2.45, 2.75) is 64.3 Å². The molecule has 0 radical (unpaired) electrons. The Bertz CT molecular complexity index is 835. The predicted octanol–water partition coefficient (Wildman–Crippen LogP) is 2.47. The lowest BCUT2D eigenvalue weighted by Gasteiger charge is -2.32. The van der Waals surface area contributed by atoms with Gasteiger partial charge in [-0.25, -0.2) is 0 Å². The number of rotatable bonds is 3. The molecule has 0 atom stereocenters. The van der Waals surface area contributed by atoms with Crippen molar-refractivity contribution in [1.29, 1.82) is 0 Å². The average molecular weight is 367 g/mol. The maximum atomic E-state index is 6.01. The highest BCUT2D eigenvalue weighted by molar-refractivity contribution is 5.41. The van der Waals surface area contributed by atoms with Crippen LogP contribution in [-0.2, 0) is 26.1 Å². The van der Waals surface area contributed by atoms with E-state index in [1.165, 1.54) is 29.8 Å². The summed E-state index contributed by atoms with van der Waals surface area (Å²) < 4.78 is 8.35. The summed E-state index contributed by atoms with van der Waals surface area (Å²) in [6, 6.07) is 6.73. The van der Waals surface area contributed by atoms with E-state index in [2.05, 4.69) is 57.0 Å². The van der Waals surface area contributed by atoms with Crippen molar-refractivity contribution >= 4 is 0 Å². The van der Waals surface area contributed by atoms with Crippen LogP contribution in [0.3, 0.4) is 0 Å². The number of nitrogens with one attached hydrogen (secondary N) is 1. The van der Waals surface area contributed by atoms with Gasteiger partial charge in [-0.3, -0.25) is 4.90 Å². The summed E-state index contributed by atoms with van der Waals surface area (Å²) in [6.45, 7) is 10.5. The highest BCUT2D eigenvalue weighted by Gasteiger charge is 2.30. The number of hydrogen-bond acceptors (Lipinski definition) is 5. The van der Waals surface area contributed by atoms with Crippen LogP contribution in [0.4, 0.5) is 0 Å². The molecule has 6 nitrogen and oxygen atoms in total. The lowest BCUT2D eigenvalue weighted by atomic mass is 9.95. The van der Waals surface area contributed by atoms with Gasteiger partial charge >= 0.3 is 0 Å². The third kappa shape index (κ3) is 3.36. The van der Waals surface area contributed by atoms with Crippen LogP contribution in [0, 0.1) is 0 Å². The first kappa shape index (κ1) is 17.2. The van der Waals surface area contributed by atoms with Crippen LogP contribution in [0.2, 0.25) is 0 Å². The molecule has 3 aliphatic rings. The first-order valence-corrected chi connectivity index (χ1v) is 10.2. The molecule has 0 aliphatic carbocycles. The number of nitrogens with zero attached hydrogens (tertiary/aromatic N) is 4. The largest absolute Gasteiger partial charge is 0.487 e. The maximum absolute atomic E-state index is 6.01. The number of benzene rings is 1. The van der Waals surface area contributed by atoms with Gasteiger partial charge in [0.05, 0.1) is 6.54 Å². The molecule has 27 heavy (non-hydrogen) atoms. The molecule has 0 bridgehead atoms. The Morgan fingerprint density at radius 1 is 1.19 bits per heavy atom. The minimum atomic E-state index is -0.0633. The van der Waals surface area contributed by atoms with Gasteiger partial charge in [-0.2, -0.15) is 0 Å². The molecule has 0 amide bonds. The Morgan fingerprint density at radius 3 is 2.89 bits per heavy atom. The molecule has 6 heteroatoms. The van der Waals surface area contributed by atoms with E-state index < -0.39 is 0 Å². The van der Waals surface area contributed by atoms with Crippen molar-refractivity contribution in [3.05, 3.63) is 41.0 Å². The van der Waals surface area contributed by atoms with E-state index in [0.717, 1.165) is 57.3 Å². The second kappa shape index (κ2) is 6.60. The van der Waals surface area contributed by atoms with E-state index in [0.29, 0.717) is 5.92 Å². The Hall–Kier alpha value is -1.92. The fraction of sp³-hybridized carbons (Fsp3) is 0.619.